The van der Waals surface area contributed by atoms with Crippen LogP contribution in [0.3, 0.4) is 0 Å². The van der Waals surface area contributed by atoms with Crippen molar-refractivity contribution in [3.05, 3.63) is 42.7 Å². The van der Waals surface area contributed by atoms with Gasteiger partial charge in [-0.25, -0.2) is 9.97 Å². The van der Waals surface area contributed by atoms with Crippen LogP contribution in [-0.4, -0.2) is 35.3 Å². The Kier molecular flexibility index (Phi) is 3.67. The van der Waals surface area contributed by atoms with E-state index in [2.05, 4.69) is 9.97 Å². The van der Waals surface area contributed by atoms with Crippen LogP contribution in [0.1, 0.15) is 0 Å². The Morgan fingerprint density at radius 1 is 1.06 bits per heavy atom. The maximum absolute atomic E-state index is 8.83. The average molecular weight is 229 g/mol. The summed E-state index contributed by atoms with van der Waals surface area (Å²) in [5.41, 5.74) is 2.09. The van der Waals surface area contributed by atoms with Gasteiger partial charge in [-0.1, -0.05) is 30.3 Å². The first-order valence-corrected chi connectivity index (χ1v) is 5.50. The third-order valence-corrected chi connectivity index (χ3v) is 2.52. The van der Waals surface area contributed by atoms with E-state index in [9.17, 15) is 0 Å². The molecule has 17 heavy (non-hydrogen) atoms. The SMILES string of the molecule is CN(CCO)c1ncc(-c2ccccc2)cn1. The summed E-state index contributed by atoms with van der Waals surface area (Å²) in [6.07, 6.45) is 3.59. The third-order valence-electron chi connectivity index (χ3n) is 2.52. The lowest BCUT2D eigenvalue weighted by Crippen LogP contribution is -2.23. The molecule has 0 fully saturated rings. The van der Waals surface area contributed by atoms with Crippen LogP contribution >= 0.6 is 0 Å². The molecule has 0 unspecified atom stereocenters. The zero-order chi connectivity index (χ0) is 12.1. The number of aromatic nitrogens is 2. The minimum Gasteiger partial charge on any atom is -0.395 e. The zero-order valence-corrected chi connectivity index (χ0v) is 9.74. The standard InChI is InChI=1S/C13H15N3O/c1-16(7-8-17)13-14-9-12(10-15-13)11-5-3-2-4-6-11/h2-6,9-10,17H,7-8H2,1H3. The summed E-state index contributed by atoms with van der Waals surface area (Å²) >= 11 is 0. The third kappa shape index (κ3) is 2.79. The number of nitrogens with zero attached hydrogens (tertiary/aromatic N) is 3. The minimum absolute atomic E-state index is 0.0975. The highest BCUT2D eigenvalue weighted by Crippen LogP contribution is 2.17. The Balaban J connectivity index is 2.19. The number of aliphatic hydroxyl groups excluding tert-OH is 1. The van der Waals surface area contributed by atoms with Gasteiger partial charge in [0.05, 0.1) is 6.61 Å². The van der Waals surface area contributed by atoms with Crippen molar-refractivity contribution in [1.82, 2.24) is 9.97 Å². The Bertz CT molecular complexity index is 456. The van der Waals surface area contributed by atoms with Gasteiger partial charge in [-0.2, -0.15) is 0 Å². The molecular weight excluding hydrogens is 214 g/mol. The second-order valence-corrected chi connectivity index (χ2v) is 3.78. The number of anilines is 1. The summed E-state index contributed by atoms with van der Waals surface area (Å²) in [6.45, 7) is 0.630. The Labute approximate surface area is 101 Å². The molecule has 0 aliphatic rings. The molecule has 1 N–H and O–H groups in total. The number of benzene rings is 1. The van der Waals surface area contributed by atoms with Gasteiger partial charge < -0.3 is 10.0 Å². The number of aliphatic hydroxyl groups is 1. The molecule has 2 aromatic rings. The summed E-state index contributed by atoms with van der Waals surface area (Å²) in [4.78, 5) is 10.4. The van der Waals surface area contributed by atoms with Crippen LogP contribution in [0.25, 0.3) is 11.1 Å². The van der Waals surface area contributed by atoms with Crippen molar-refractivity contribution >= 4 is 5.95 Å². The van der Waals surface area contributed by atoms with Crippen LogP contribution in [-0.2, 0) is 0 Å². The molecule has 2 rings (SSSR count). The van der Waals surface area contributed by atoms with Gasteiger partial charge in [0.2, 0.25) is 5.95 Å². The summed E-state index contributed by atoms with van der Waals surface area (Å²) in [7, 11) is 1.85. The van der Waals surface area contributed by atoms with Crippen molar-refractivity contribution in [3.8, 4) is 11.1 Å². The molecule has 4 heteroatoms. The summed E-state index contributed by atoms with van der Waals surface area (Å²) in [5, 5.41) is 8.83. The van der Waals surface area contributed by atoms with E-state index in [0.29, 0.717) is 12.5 Å². The molecule has 0 spiro atoms. The molecule has 0 saturated heterocycles. The normalized spacial score (nSPS) is 10.2. The van der Waals surface area contributed by atoms with E-state index >= 15 is 0 Å². The van der Waals surface area contributed by atoms with Crippen molar-refractivity contribution in [1.29, 1.82) is 0 Å². The molecule has 0 atom stereocenters. The highest BCUT2D eigenvalue weighted by molar-refractivity contribution is 5.61. The molecule has 0 aliphatic heterocycles. The lowest BCUT2D eigenvalue weighted by atomic mass is 10.1. The van der Waals surface area contributed by atoms with Crippen LogP contribution in [0.15, 0.2) is 42.7 Å². The van der Waals surface area contributed by atoms with Crippen LogP contribution in [0.4, 0.5) is 5.95 Å². The second kappa shape index (κ2) is 5.41. The molecule has 0 saturated carbocycles. The highest BCUT2D eigenvalue weighted by Gasteiger charge is 2.03. The van der Waals surface area contributed by atoms with E-state index in [4.69, 9.17) is 5.11 Å². The van der Waals surface area contributed by atoms with Gasteiger partial charge in [-0.15, -0.1) is 0 Å². The topological polar surface area (TPSA) is 49.2 Å². The van der Waals surface area contributed by atoms with E-state index in [0.717, 1.165) is 11.1 Å². The Hall–Kier alpha value is -1.94. The minimum atomic E-state index is 0.0975. The molecule has 88 valence electrons. The number of likely N-dealkylation sites (N-methyl/N-ethyl adjacent to an activating group) is 1. The molecule has 1 heterocycles. The van der Waals surface area contributed by atoms with Gasteiger partial charge in [-0.05, 0) is 5.56 Å². The van der Waals surface area contributed by atoms with E-state index < -0.39 is 0 Å². The van der Waals surface area contributed by atoms with E-state index in [1.54, 1.807) is 12.4 Å². The lowest BCUT2D eigenvalue weighted by Gasteiger charge is -2.15. The van der Waals surface area contributed by atoms with Crippen molar-refractivity contribution in [2.45, 2.75) is 0 Å². The van der Waals surface area contributed by atoms with Crippen LogP contribution in [0.5, 0.6) is 0 Å². The van der Waals surface area contributed by atoms with Crippen molar-refractivity contribution in [3.63, 3.8) is 0 Å². The van der Waals surface area contributed by atoms with Gasteiger partial charge in [-0.3, -0.25) is 0 Å². The summed E-state index contributed by atoms with van der Waals surface area (Å²) in [6, 6.07) is 10.0. The molecule has 0 amide bonds. The Morgan fingerprint density at radius 2 is 1.71 bits per heavy atom. The zero-order valence-electron chi connectivity index (χ0n) is 9.74. The fourth-order valence-electron chi connectivity index (χ4n) is 1.55. The molecular formula is C13H15N3O. The van der Waals surface area contributed by atoms with E-state index in [1.165, 1.54) is 0 Å². The molecule has 0 radical (unpaired) electrons. The molecule has 0 aliphatic carbocycles. The smallest absolute Gasteiger partial charge is 0.225 e. The fraction of sp³-hybridized carbons (Fsp3) is 0.231. The maximum atomic E-state index is 8.83. The summed E-state index contributed by atoms with van der Waals surface area (Å²) in [5.74, 6) is 0.624. The first-order chi connectivity index (χ1) is 8.31. The van der Waals surface area contributed by atoms with Gasteiger partial charge in [0.15, 0.2) is 0 Å². The largest absolute Gasteiger partial charge is 0.395 e. The summed E-state index contributed by atoms with van der Waals surface area (Å²) < 4.78 is 0. The van der Waals surface area contributed by atoms with Crippen LogP contribution < -0.4 is 4.90 Å². The quantitative estimate of drug-likeness (QED) is 0.864. The van der Waals surface area contributed by atoms with Crippen molar-refractivity contribution in [2.75, 3.05) is 25.1 Å². The van der Waals surface area contributed by atoms with Crippen LogP contribution in [0.2, 0.25) is 0 Å². The molecule has 1 aromatic carbocycles. The van der Waals surface area contributed by atoms with Crippen LogP contribution in [0, 0.1) is 0 Å². The molecule has 1 aromatic heterocycles. The number of hydrogen-bond donors (Lipinski definition) is 1. The van der Waals surface area contributed by atoms with E-state index in [-0.39, 0.29) is 6.61 Å². The van der Waals surface area contributed by atoms with Crippen molar-refractivity contribution in [2.24, 2.45) is 0 Å². The first-order valence-electron chi connectivity index (χ1n) is 5.50. The fourth-order valence-corrected chi connectivity index (χ4v) is 1.55. The van der Waals surface area contributed by atoms with Gasteiger partial charge >= 0.3 is 0 Å². The molecule has 4 nitrogen and oxygen atoms in total. The highest BCUT2D eigenvalue weighted by atomic mass is 16.3. The van der Waals surface area contributed by atoms with Gasteiger partial charge in [0.25, 0.3) is 0 Å². The van der Waals surface area contributed by atoms with E-state index in [1.807, 2.05) is 42.3 Å². The van der Waals surface area contributed by atoms with Crippen molar-refractivity contribution < 1.29 is 5.11 Å². The predicted molar refractivity (Wildman–Crippen MR) is 67.8 cm³/mol. The number of rotatable bonds is 4. The maximum Gasteiger partial charge on any atom is 0.225 e. The van der Waals surface area contributed by atoms with Gasteiger partial charge in [0.1, 0.15) is 0 Å². The predicted octanol–water partition coefficient (Wildman–Crippen LogP) is 1.57. The van der Waals surface area contributed by atoms with Gasteiger partial charge in [0, 0.05) is 31.5 Å². The second-order valence-electron chi connectivity index (χ2n) is 3.78. The first kappa shape index (κ1) is 11.5. The molecule has 0 bridgehead atoms. The monoisotopic (exact) mass is 229 g/mol. The number of hydrogen-bond acceptors (Lipinski definition) is 4. The average Bonchev–Trinajstić information content (AvgIpc) is 2.40. The lowest BCUT2D eigenvalue weighted by molar-refractivity contribution is 0.303. The Morgan fingerprint density at radius 3 is 2.29 bits per heavy atom.